The number of primary amides is 1. The minimum Gasteiger partial charge on any atom is -0.436 e. The normalized spacial score (nSPS) is 11.2. The van der Waals surface area contributed by atoms with Gasteiger partial charge in [-0.2, -0.15) is 13.2 Å². The highest BCUT2D eigenvalue weighted by atomic mass is 35.5. The first-order valence-electron chi connectivity index (χ1n) is 8.67. The summed E-state index contributed by atoms with van der Waals surface area (Å²) in [5, 5.41) is 1.81. The number of anilines is 1. The third kappa shape index (κ3) is 5.32. The van der Waals surface area contributed by atoms with Crippen LogP contribution in [0.25, 0.3) is 0 Å². The maximum atomic E-state index is 14.4. The highest BCUT2D eigenvalue weighted by Gasteiger charge is 2.32. The van der Waals surface area contributed by atoms with Gasteiger partial charge >= 0.3 is 6.18 Å². The van der Waals surface area contributed by atoms with Crippen molar-refractivity contribution >= 4 is 40.7 Å². The second-order valence-electron chi connectivity index (χ2n) is 6.36. The SMILES string of the molecule is NC(=O)c1c(F)ccc(C(=O)Nc2ccc(Cl)c(Oc3ncc(C(F)(F)F)cc3Cl)c2)c1F. The number of nitrogens with one attached hydrogen (secondary N) is 1. The smallest absolute Gasteiger partial charge is 0.417 e. The van der Waals surface area contributed by atoms with Gasteiger partial charge in [0, 0.05) is 18.0 Å². The van der Waals surface area contributed by atoms with Crippen molar-refractivity contribution in [1.82, 2.24) is 4.98 Å². The lowest BCUT2D eigenvalue weighted by Gasteiger charge is -2.13. The van der Waals surface area contributed by atoms with Gasteiger partial charge in [-0.15, -0.1) is 0 Å². The van der Waals surface area contributed by atoms with Crippen LogP contribution in [0.4, 0.5) is 27.6 Å². The first kappa shape index (κ1) is 24.2. The van der Waals surface area contributed by atoms with Crippen LogP contribution in [0, 0.1) is 11.6 Å². The highest BCUT2D eigenvalue weighted by molar-refractivity contribution is 6.32. The highest BCUT2D eigenvalue weighted by Crippen LogP contribution is 2.37. The molecule has 0 saturated carbocycles. The molecule has 0 fully saturated rings. The fourth-order valence-corrected chi connectivity index (χ4v) is 2.93. The van der Waals surface area contributed by atoms with Gasteiger partial charge in [0.25, 0.3) is 11.8 Å². The molecule has 3 rings (SSSR count). The Balaban J connectivity index is 1.86. The molecular formula is C20H10Cl2F5N3O3. The number of carbonyl (C=O) groups excluding carboxylic acids is 2. The molecule has 0 bridgehead atoms. The Morgan fingerprint density at radius 2 is 1.73 bits per heavy atom. The zero-order valence-electron chi connectivity index (χ0n) is 15.9. The second-order valence-corrected chi connectivity index (χ2v) is 7.17. The van der Waals surface area contributed by atoms with Crippen molar-refractivity contribution in [3.05, 3.63) is 81.0 Å². The summed E-state index contributed by atoms with van der Waals surface area (Å²) in [6.07, 6.45) is -4.16. The van der Waals surface area contributed by atoms with E-state index in [2.05, 4.69) is 10.3 Å². The van der Waals surface area contributed by atoms with Crippen LogP contribution in [0.1, 0.15) is 26.3 Å². The maximum absolute atomic E-state index is 14.4. The van der Waals surface area contributed by atoms with E-state index in [0.29, 0.717) is 18.3 Å². The molecule has 1 heterocycles. The summed E-state index contributed by atoms with van der Waals surface area (Å²) >= 11 is 11.8. The molecule has 33 heavy (non-hydrogen) atoms. The topological polar surface area (TPSA) is 94.3 Å². The van der Waals surface area contributed by atoms with Crippen LogP contribution in [0.2, 0.25) is 10.0 Å². The minimum atomic E-state index is -4.67. The number of hydrogen-bond acceptors (Lipinski definition) is 4. The Morgan fingerprint density at radius 3 is 2.33 bits per heavy atom. The molecule has 6 nitrogen and oxygen atoms in total. The number of nitrogens with zero attached hydrogens (tertiary/aromatic N) is 1. The number of halogens is 7. The predicted molar refractivity (Wildman–Crippen MR) is 109 cm³/mol. The molecule has 3 N–H and O–H groups in total. The van der Waals surface area contributed by atoms with E-state index in [9.17, 15) is 31.5 Å². The van der Waals surface area contributed by atoms with E-state index in [1.165, 1.54) is 12.1 Å². The molecule has 2 amide bonds. The third-order valence-corrected chi connectivity index (χ3v) is 4.70. The summed E-state index contributed by atoms with van der Waals surface area (Å²) in [6, 6.07) is 5.84. The molecule has 0 saturated heterocycles. The van der Waals surface area contributed by atoms with E-state index in [1.807, 2.05) is 0 Å². The van der Waals surface area contributed by atoms with Gasteiger partial charge in [0.15, 0.2) is 5.82 Å². The van der Waals surface area contributed by atoms with E-state index >= 15 is 0 Å². The summed E-state index contributed by atoms with van der Waals surface area (Å²) in [5.74, 6) is -5.70. The van der Waals surface area contributed by atoms with Crippen LogP contribution >= 0.6 is 23.2 Å². The van der Waals surface area contributed by atoms with Gasteiger partial charge in [-0.05, 0) is 30.3 Å². The van der Waals surface area contributed by atoms with Gasteiger partial charge in [0.05, 0.1) is 16.1 Å². The maximum Gasteiger partial charge on any atom is 0.417 e. The largest absolute Gasteiger partial charge is 0.436 e. The zero-order valence-corrected chi connectivity index (χ0v) is 17.4. The standard InChI is InChI=1S/C20H10Cl2F5N3O3/c21-11-3-1-9(30-18(32)10-2-4-13(23)15(16(10)24)17(28)31)6-14(11)33-19-12(22)5-8(7-29-19)20(25,26)27/h1-7H,(H2,28,31)(H,30,32). The number of pyridine rings is 1. The Morgan fingerprint density at radius 1 is 1.03 bits per heavy atom. The fraction of sp³-hybridized carbons (Fsp3) is 0.0500. The molecule has 13 heteroatoms. The average molecular weight is 506 g/mol. The molecule has 0 aliphatic carbocycles. The molecule has 0 spiro atoms. The number of ether oxygens (including phenoxy) is 1. The van der Waals surface area contributed by atoms with Crippen LogP contribution in [-0.4, -0.2) is 16.8 Å². The van der Waals surface area contributed by atoms with Crippen molar-refractivity contribution in [2.75, 3.05) is 5.32 Å². The van der Waals surface area contributed by atoms with Gasteiger partial charge in [-0.1, -0.05) is 23.2 Å². The van der Waals surface area contributed by atoms with E-state index in [0.717, 1.165) is 12.1 Å². The molecule has 0 unspecified atom stereocenters. The van der Waals surface area contributed by atoms with Gasteiger partial charge in [0.2, 0.25) is 5.88 Å². The Bertz CT molecular complexity index is 1270. The number of benzene rings is 2. The van der Waals surface area contributed by atoms with E-state index in [4.69, 9.17) is 33.7 Å². The number of nitrogens with two attached hydrogens (primary N) is 1. The first-order chi connectivity index (χ1) is 15.4. The molecular weight excluding hydrogens is 496 g/mol. The van der Waals surface area contributed by atoms with Crippen LogP contribution in [0.5, 0.6) is 11.6 Å². The van der Waals surface area contributed by atoms with Gasteiger partial charge in [-0.25, -0.2) is 13.8 Å². The number of rotatable bonds is 5. The number of alkyl halides is 3. The number of hydrogen-bond donors (Lipinski definition) is 2. The van der Waals surface area contributed by atoms with Crippen LogP contribution in [-0.2, 0) is 6.18 Å². The summed E-state index contributed by atoms with van der Waals surface area (Å²) < 4.78 is 71.6. The number of carbonyl (C=O) groups is 2. The second kappa shape index (κ2) is 9.20. The summed E-state index contributed by atoms with van der Waals surface area (Å²) in [7, 11) is 0. The summed E-state index contributed by atoms with van der Waals surface area (Å²) in [4.78, 5) is 27.2. The molecule has 0 radical (unpaired) electrons. The van der Waals surface area contributed by atoms with Crippen molar-refractivity contribution in [3.63, 3.8) is 0 Å². The minimum absolute atomic E-state index is 0.00628. The average Bonchev–Trinajstić information content (AvgIpc) is 2.70. The Kier molecular flexibility index (Phi) is 6.75. The third-order valence-electron chi connectivity index (χ3n) is 4.11. The first-order valence-corrected chi connectivity index (χ1v) is 9.43. The monoisotopic (exact) mass is 505 g/mol. The molecule has 2 aromatic carbocycles. The van der Waals surface area contributed by atoms with Gasteiger partial charge in [0.1, 0.15) is 22.2 Å². The summed E-state index contributed by atoms with van der Waals surface area (Å²) in [6.45, 7) is 0. The molecule has 0 aliphatic rings. The van der Waals surface area contributed by atoms with E-state index < -0.39 is 57.2 Å². The fourth-order valence-electron chi connectivity index (χ4n) is 2.57. The molecule has 1 aromatic heterocycles. The van der Waals surface area contributed by atoms with E-state index in [-0.39, 0.29) is 16.5 Å². The lowest BCUT2D eigenvalue weighted by molar-refractivity contribution is -0.137. The van der Waals surface area contributed by atoms with Crippen molar-refractivity contribution in [1.29, 1.82) is 0 Å². The van der Waals surface area contributed by atoms with Crippen LogP contribution in [0.3, 0.4) is 0 Å². The number of amides is 2. The summed E-state index contributed by atoms with van der Waals surface area (Å²) in [5.41, 5.74) is 2.09. The van der Waals surface area contributed by atoms with Crippen molar-refractivity contribution in [2.24, 2.45) is 5.73 Å². The molecule has 0 atom stereocenters. The Hall–Kier alpha value is -3.44. The molecule has 172 valence electrons. The van der Waals surface area contributed by atoms with Gasteiger partial charge < -0.3 is 15.8 Å². The quantitative estimate of drug-likeness (QED) is 0.426. The zero-order chi connectivity index (χ0) is 24.5. The van der Waals surface area contributed by atoms with Crippen LogP contribution < -0.4 is 15.8 Å². The van der Waals surface area contributed by atoms with E-state index in [1.54, 1.807) is 0 Å². The van der Waals surface area contributed by atoms with Crippen molar-refractivity contribution in [3.8, 4) is 11.6 Å². The molecule has 3 aromatic rings. The van der Waals surface area contributed by atoms with Crippen molar-refractivity contribution < 1.29 is 36.3 Å². The lowest BCUT2D eigenvalue weighted by atomic mass is 10.1. The lowest BCUT2D eigenvalue weighted by Crippen LogP contribution is -2.20. The molecule has 0 aliphatic heterocycles. The van der Waals surface area contributed by atoms with Crippen molar-refractivity contribution in [2.45, 2.75) is 6.18 Å². The van der Waals surface area contributed by atoms with Crippen LogP contribution in [0.15, 0.2) is 42.6 Å². The Labute approximate surface area is 192 Å². The van der Waals surface area contributed by atoms with Gasteiger partial charge in [-0.3, -0.25) is 9.59 Å². The predicted octanol–water partition coefficient (Wildman–Crippen LogP) is 5.83. The number of aromatic nitrogens is 1.